The Bertz CT molecular complexity index is 791. The molecule has 2 heterocycles. The standard InChI is InChI=1S/C12H9FIN3S2/c1-6(11-15-2-3-19-11)17-10-4-7(13)8(14)5-9(10)16-12(17)18/h2-6H,1H3,(H,16,18). The van der Waals surface area contributed by atoms with Crippen LogP contribution >= 0.6 is 46.1 Å². The molecule has 19 heavy (non-hydrogen) atoms. The summed E-state index contributed by atoms with van der Waals surface area (Å²) < 4.78 is 16.8. The van der Waals surface area contributed by atoms with E-state index < -0.39 is 0 Å². The molecule has 1 N–H and O–H groups in total. The van der Waals surface area contributed by atoms with Crippen LogP contribution in [0.25, 0.3) is 11.0 Å². The molecule has 3 rings (SSSR count). The molecule has 2 aromatic heterocycles. The zero-order valence-corrected chi connectivity index (χ0v) is 13.6. The van der Waals surface area contributed by atoms with Crippen molar-refractivity contribution in [3.8, 4) is 0 Å². The summed E-state index contributed by atoms with van der Waals surface area (Å²) in [5.41, 5.74) is 1.62. The minimum absolute atomic E-state index is 0.0132. The molecule has 0 saturated heterocycles. The third-order valence-electron chi connectivity index (χ3n) is 2.95. The predicted molar refractivity (Wildman–Crippen MR) is 85.7 cm³/mol. The highest BCUT2D eigenvalue weighted by Gasteiger charge is 2.16. The lowest BCUT2D eigenvalue weighted by atomic mass is 10.2. The van der Waals surface area contributed by atoms with Crippen LogP contribution in [0, 0.1) is 14.2 Å². The fourth-order valence-electron chi connectivity index (χ4n) is 2.06. The average Bonchev–Trinajstić information content (AvgIpc) is 2.97. The van der Waals surface area contributed by atoms with Crippen molar-refractivity contribution in [1.82, 2.24) is 14.5 Å². The van der Waals surface area contributed by atoms with E-state index in [1.54, 1.807) is 23.6 Å². The largest absolute Gasteiger partial charge is 0.331 e. The summed E-state index contributed by atoms with van der Waals surface area (Å²) >= 11 is 8.89. The molecular weight excluding hydrogens is 396 g/mol. The number of hydrogen-bond donors (Lipinski definition) is 1. The summed E-state index contributed by atoms with van der Waals surface area (Å²) in [4.78, 5) is 7.42. The molecule has 0 saturated carbocycles. The molecule has 0 aliphatic carbocycles. The maximum Gasteiger partial charge on any atom is 0.178 e. The molecule has 1 unspecified atom stereocenters. The molecule has 7 heteroatoms. The van der Waals surface area contributed by atoms with Crippen molar-refractivity contribution in [2.75, 3.05) is 0 Å². The van der Waals surface area contributed by atoms with Gasteiger partial charge in [0.15, 0.2) is 4.77 Å². The van der Waals surface area contributed by atoms with Crippen LogP contribution in [-0.2, 0) is 0 Å². The number of imidazole rings is 1. The molecule has 0 radical (unpaired) electrons. The number of aromatic nitrogens is 3. The number of nitrogens with one attached hydrogen (secondary N) is 1. The molecule has 0 aliphatic rings. The van der Waals surface area contributed by atoms with Crippen LogP contribution in [0.15, 0.2) is 23.7 Å². The van der Waals surface area contributed by atoms with E-state index in [0.29, 0.717) is 8.34 Å². The number of aromatic amines is 1. The van der Waals surface area contributed by atoms with Crippen molar-refractivity contribution in [2.45, 2.75) is 13.0 Å². The summed E-state index contributed by atoms with van der Waals surface area (Å²) in [5, 5.41) is 2.88. The highest BCUT2D eigenvalue weighted by Crippen LogP contribution is 2.27. The fourth-order valence-corrected chi connectivity index (χ4v) is 3.58. The monoisotopic (exact) mass is 405 g/mol. The first-order valence-electron chi connectivity index (χ1n) is 5.56. The van der Waals surface area contributed by atoms with E-state index in [-0.39, 0.29) is 11.9 Å². The van der Waals surface area contributed by atoms with Gasteiger partial charge in [-0.2, -0.15) is 0 Å². The molecule has 3 nitrogen and oxygen atoms in total. The van der Waals surface area contributed by atoms with Crippen molar-refractivity contribution in [3.63, 3.8) is 0 Å². The smallest absolute Gasteiger partial charge is 0.178 e. The van der Waals surface area contributed by atoms with Gasteiger partial charge in [0.1, 0.15) is 10.8 Å². The van der Waals surface area contributed by atoms with Crippen LogP contribution < -0.4 is 0 Å². The minimum atomic E-state index is -0.234. The second-order valence-electron chi connectivity index (χ2n) is 4.13. The Morgan fingerprint density at radius 1 is 1.53 bits per heavy atom. The number of halogens is 2. The number of thiazole rings is 1. The third kappa shape index (κ3) is 2.23. The number of fused-ring (bicyclic) bond motifs is 1. The van der Waals surface area contributed by atoms with Gasteiger partial charge in [-0.15, -0.1) is 11.3 Å². The lowest BCUT2D eigenvalue weighted by molar-refractivity contribution is 0.615. The summed E-state index contributed by atoms with van der Waals surface area (Å²) in [7, 11) is 0. The van der Waals surface area contributed by atoms with Crippen LogP contribution in [0.2, 0.25) is 0 Å². The summed E-state index contributed by atoms with van der Waals surface area (Å²) in [6.45, 7) is 2.01. The first-order chi connectivity index (χ1) is 9.08. The van der Waals surface area contributed by atoms with E-state index in [1.165, 1.54) is 6.07 Å². The van der Waals surface area contributed by atoms with Gasteiger partial charge in [-0.25, -0.2) is 9.37 Å². The molecule has 98 valence electrons. The van der Waals surface area contributed by atoms with Gasteiger partial charge >= 0.3 is 0 Å². The summed E-state index contributed by atoms with van der Waals surface area (Å²) in [6, 6.07) is 3.28. The molecule has 1 atom stereocenters. The zero-order valence-electron chi connectivity index (χ0n) is 9.85. The lowest BCUT2D eigenvalue weighted by Crippen LogP contribution is -2.06. The van der Waals surface area contributed by atoms with E-state index in [2.05, 4.69) is 9.97 Å². The van der Waals surface area contributed by atoms with Crippen LogP contribution in [0.4, 0.5) is 4.39 Å². The number of rotatable bonds is 2. The van der Waals surface area contributed by atoms with Crippen LogP contribution in [0.3, 0.4) is 0 Å². The maximum absolute atomic E-state index is 13.8. The van der Waals surface area contributed by atoms with Gasteiger partial charge < -0.3 is 9.55 Å². The van der Waals surface area contributed by atoms with Crippen molar-refractivity contribution < 1.29 is 4.39 Å². The molecule has 0 bridgehead atoms. The van der Waals surface area contributed by atoms with E-state index in [9.17, 15) is 4.39 Å². The Kier molecular flexibility index (Phi) is 3.44. The van der Waals surface area contributed by atoms with Crippen molar-refractivity contribution in [2.24, 2.45) is 0 Å². The second kappa shape index (κ2) is 4.95. The van der Waals surface area contributed by atoms with Crippen LogP contribution in [-0.4, -0.2) is 14.5 Å². The van der Waals surface area contributed by atoms with E-state index in [4.69, 9.17) is 12.2 Å². The quantitative estimate of drug-likeness (QED) is 0.503. The first kappa shape index (κ1) is 13.2. The zero-order chi connectivity index (χ0) is 13.6. The lowest BCUT2D eigenvalue weighted by Gasteiger charge is -2.11. The van der Waals surface area contributed by atoms with Gasteiger partial charge in [0.05, 0.1) is 20.6 Å². The molecule has 0 fully saturated rings. The topological polar surface area (TPSA) is 33.6 Å². The second-order valence-corrected chi connectivity index (χ2v) is 6.60. The summed E-state index contributed by atoms with van der Waals surface area (Å²) in [6.07, 6.45) is 1.76. The van der Waals surface area contributed by atoms with Crippen LogP contribution in [0.1, 0.15) is 18.0 Å². The highest BCUT2D eigenvalue weighted by atomic mass is 127. The first-order valence-corrected chi connectivity index (χ1v) is 7.93. The van der Waals surface area contributed by atoms with Gasteiger partial charge in [-0.1, -0.05) is 0 Å². The minimum Gasteiger partial charge on any atom is -0.331 e. The Hall–Kier alpha value is -0.800. The SMILES string of the molecule is CC(c1nccs1)n1c(=S)[nH]c2cc(I)c(F)cc21. The van der Waals surface area contributed by atoms with Gasteiger partial charge in [-0.3, -0.25) is 0 Å². The van der Waals surface area contributed by atoms with E-state index in [0.717, 1.165) is 16.0 Å². The maximum atomic E-state index is 13.8. The number of nitrogens with zero attached hydrogens (tertiary/aromatic N) is 2. The fraction of sp³-hybridized carbons (Fsp3) is 0.167. The molecule has 1 aromatic carbocycles. The van der Waals surface area contributed by atoms with E-state index in [1.807, 2.05) is 39.5 Å². The molecule has 0 amide bonds. The Balaban J connectivity index is 2.26. The molecule has 3 aromatic rings. The number of benzene rings is 1. The molecule has 0 aliphatic heterocycles. The van der Waals surface area contributed by atoms with Crippen molar-refractivity contribution in [1.29, 1.82) is 0 Å². The van der Waals surface area contributed by atoms with Crippen molar-refractivity contribution in [3.05, 3.63) is 42.9 Å². The average molecular weight is 405 g/mol. The highest BCUT2D eigenvalue weighted by molar-refractivity contribution is 14.1. The number of H-pyrrole nitrogens is 1. The Morgan fingerprint density at radius 3 is 3.00 bits per heavy atom. The Labute approximate surface area is 131 Å². The van der Waals surface area contributed by atoms with Crippen LogP contribution in [0.5, 0.6) is 0 Å². The Morgan fingerprint density at radius 2 is 2.32 bits per heavy atom. The third-order valence-corrected chi connectivity index (χ3v) is 5.03. The van der Waals surface area contributed by atoms with E-state index >= 15 is 0 Å². The van der Waals surface area contributed by atoms with Gasteiger partial charge in [-0.05, 0) is 47.8 Å². The molecule has 0 spiro atoms. The van der Waals surface area contributed by atoms with Gasteiger partial charge in [0, 0.05) is 17.6 Å². The van der Waals surface area contributed by atoms with Crippen molar-refractivity contribution >= 4 is 57.2 Å². The number of hydrogen-bond acceptors (Lipinski definition) is 3. The van der Waals surface area contributed by atoms with Gasteiger partial charge in [0.2, 0.25) is 0 Å². The molecular formula is C12H9FIN3S2. The van der Waals surface area contributed by atoms with Gasteiger partial charge in [0.25, 0.3) is 0 Å². The normalized spacial score (nSPS) is 13.0. The summed E-state index contributed by atoms with van der Waals surface area (Å²) in [5.74, 6) is -0.234. The predicted octanol–water partition coefficient (Wildman–Crippen LogP) is 4.51.